The van der Waals surface area contributed by atoms with Gasteiger partial charge >= 0.3 is 0 Å². The third kappa shape index (κ3) is 1.75. The molecule has 1 aromatic carbocycles. The van der Waals surface area contributed by atoms with E-state index in [1.54, 1.807) is 0 Å². The van der Waals surface area contributed by atoms with E-state index in [9.17, 15) is 0 Å². The number of fused-ring (bicyclic) bond motifs is 3. The SMILES string of the molecule is C[C@@H]1CC[C@H]2[C@@H](N1)c1ccccc1OC2(C)C. The van der Waals surface area contributed by atoms with Crippen LogP contribution >= 0.6 is 0 Å². The molecule has 0 saturated carbocycles. The Balaban J connectivity index is 2.05. The van der Waals surface area contributed by atoms with Gasteiger partial charge in [0.25, 0.3) is 0 Å². The summed E-state index contributed by atoms with van der Waals surface area (Å²) in [4.78, 5) is 0. The zero-order chi connectivity index (χ0) is 12.0. The molecule has 0 aromatic heterocycles. The molecule has 2 aliphatic rings. The molecule has 0 amide bonds. The van der Waals surface area contributed by atoms with Crippen molar-refractivity contribution >= 4 is 0 Å². The minimum absolute atomic E-state index is 0.0633. The van der Waals surface area contributed by atoms with E-state index < -0.39 is 0 Å². The van der Waals surface area contributed by atoms with Gasteiger partial charge in [-0.15, -0.1) is 0 Å². The Kier molecular flexibility index (Phi) is 2.44. The highest BCUT2D eigenvalue weighted by Gasteiger charge is 2.45. The van der Waals surface area contributed by atoms with Gasteiger partial charge in [0.15, 0.2) is 0 Å². The molecule has 17 heavy (non-hydrogen) atoms. The van der Waals surface area contributed by atoms with E-state index in [0.29, 0.717) is 18.0 Å². The Morgan fingerprint density at radius 2 is 2.00 bits per heavy atom. The van der Waals surface area contributed by atoms with Gasteiger partial charge in [0.05, 0.1) is 0 Å². The van der Waals surface area contributed by atoms with E-state index in [0.717, 1.165) is 5.75 Å². The van der Waals surface area contributed by atoms with Crippen LogP contribution in [0.5, 0.6) is 5.75 Å². The summed E-state index contributed by atoms with van der Waals surface area (Å²) in [6.07, 6.45) is 2.50. The van der Waals surface area contributed by atoms with Crippen LogP contribution in [0.1, 0.15) is 45.2 Å². The van der Waals surface area contributed by atoms with Gasteiger partial charge in [0, 0.05) is 23.6 Å². The summed E-state index contributed by atoms with van der Waals surface area (Å²) >= 11 is 0. The number of benzene rings is 1. The minimum Gasteiger partial charge on any atom is -0.487 e. The van der Waals surface area contributed by atoms with Gasteiger partial charge in [-0.05, 0) is 39.7 Å². The van der Waals surface area contributed by atoms with Crippen LogP contribution < -0.4 is 10.1 Å². The summed E-state index contributed by atoms with van der Waals surface area (Å²) < 4.78 is 6.18. The maximum atomic E-state index is 6.18. The van der Waals surface area contributed by atoms with E-state index in [1.807, 2.05) is 0 Å². The van der Waals surface area contributed by atoms with E-state index >= 15 is 0 Å². The molecule has 3 atom stereocenters. The van der Waals surface area contributed by atoms with Crippen LogP contribution in [0, 0.1) is 5.92 Å². The molecule has 0 bridgehead atoms. The molecular weight excluding hydrogens is 210 g/mol. The Hall–Kier alpha value is -1.02. The number of piperidine rings is 1. The van der Waals surface area contributed by atoms with Gasteiger partial charge in [-0.25, -0.2) is 0 Å². The van der Waals surface area contributed by atoms with Crippen LogP contribution in [0.2, 0.25) is 0 Å². The molecule has 0 radical (unpaired) electrons. The zero-order valence-electron chi connectivity index (χ0n) is 10.9. The maximum Gasteiger partial charge on any atom is 0.124 e. The van der Waals surface area contributed by atoms with E-state index in [1.165, 1.54) is 18.4 Å². The topological polar surface area (TPSA) is 21.3 Å². The Morgan fingerprint density at radius 1 is 1.24 bits per heavy atom. The minimum atomic E-state index is -0.0633. The lowest BCUT2D eigenvalue weighted by Gasteiger charge is -2.49. The first-order valence-corrected chi connectivity index (χ1v) is 6.62. The Morgan fingerprint density at radius 3 is 2.82 bits per heavy atom. The molecule has 1 fully saturated rings. The van der Waals surface area contributed by atoms with Crippen LogP contribution in [0.25, 0.3) is 0 Å². The van der Waals surface area contributed by atoms with Crippen LogP contribution in [0.4, 0.5) is 0 Å². The largest absolute Gasteiger partial charge is 0.487 e. The van der Waals surface area contributed by atoms with Crippen molar-refractivity contribution in [2.24, 2.45) is 5.92 Å². The van der Waals surface area contributed by atoms with Crippen LogP contribution in [-0.4, -0.2) is 11.6 Å². The standard InChI is InChI=1S/C15H21NO/c1-10-8-9-12-14(16-10)11-6-4-5-7-13(11)17-15(12,2)3/h4-7,10,12,14,16H,8-9H2,1-3H3/t10-,12+,14+/m1/s1. The molecule has 0 aliphatic carbocycles. The van der Waals surface area contributed by atoms with E-state index in [2.05, 4.69) is 50.4 Å². The van der Waals surface area contributed by atoms with Crippen molar-refractivity contribution in [3.8, 4) is 5.75 Å². The highest BCUT2D eigenvalue weighted by Crippen LogP contribution is 2.47. The highest BCUT2D eigenvalue weighted by molar-refractivity contribution is 5.40. The number of hydrogen-bond donors (Lipinski definition) is 1. The van der Waals surface area contributed by atoms with E-state index in [-0.39, 0.29) is 5.60 Å². The molecule has 1 aromatic rings. The van der Waals surface area contributed by atoms with Crippen molar-refractivity contribution in [2.45, 2.75) is 51.3 Å². The van der Waals surface area contributed by atoms with Crippen molar-refractivity contribution in [3.63, 3.8) is 0 Å². The molecule has 92 valence electrons. The third-order valence-electron chi connectivity index (χ3n) is 4.30. The number of rotatable bonds is 0. The fourth-order valence-electron chi connectivity index (χ4n) is 3.35. The quantitative estimate of drug-likeness (QED) is 0.740. The van der Waals surface area contributed by atoms with Gasteiger partial charge < -0.3 is 10.1 Å². The molecule has 3 rings (SSSR count). The van der Waals surface area contributed by atoms with Gasteiger partial charge in [-0.1, -0.05) is 18.2 Å². The highest BCUT2D eigenvalue weighted by atomic mass is 16.5. The predicted molar refractivity (Wildman–Crippen MR) is 69.2 cm³/mol. The Labute approximate surface area is 103 Å². The summed E-state index contributed by atoms with van der Waals surface area (Å²) in [5.41, 5.74) is 1.27. The summed E-state index contributed by atoms with van der Waals surface area (Å²) in [6, 6.07) is 9.53. The first kappa shape index (κ1) is 11.1. The first-order valence-electron chi connectivity index (χ1n) is 6.62. The van der Waals surface area contributed by atoms with Crippen molar-refractivity contribution < 1.29 is 4.74 Å². The molecular formula is C15H21NO. The summed E-state index contributed by atoms with van der Waals surface area (Å²) in [6.45, 7) is 6.72. The predicted octanol–water partition coefficient (Wildman–Crippen LogP) is 3.29. The lowest BCUT2D eigenvalue weighted by atomic mass is 9.73. The van der Waals surface area contributed by atoms with Crippen molar-refractivity contribution in [1.82, 2.24) is 5.32 Å². The van der Waals surface area contributed by atoms with Gasteiger partial charge in [0.2, 0.25) is 0 Å². The smallest absolute Gasteiger partial charge is 0.124 e. The number of hydrogen-bond acceptors (Lipinski definition) is 2. The second kappa shape index (κ2) is 3.74. The molecule has 1 saturated heterocycles. The molecule has 2 aliphatic heterocycles. The fourth-order valence-corrected chi connectivity index (χ4v) is 3.35. The van der Waals surface area contributed by atoms with Crippen molar-refractivity contribution in [3.05, 3.63) is 29.8 Å². The molecule has 0 spiro atoms. The second-order valence-corrected chi connectivity index (χ2v) is 5.97. The molecule has 2 nitrogen and oxygen atoms in total. The Bertz CT molecular complexity index is 427. The van der Waals surface area contributed by atoms with Gasteiger partial charge in [0.1, 0.15) is 11.4 Å². The lowest BCUT2D eigenvalue weighted by Crippen LogP contribution is -2.53. The van der Waals surface area contributed by atoms with Crippen molar-refractivity contribution in [1.29, 1.82) is 0 Å². The summed E-state index contributed by atoms with van der Waals surface area (Å²) in [5.74, 6) is 1.63. The molecule has 2 heterocycles. The average Bonchev–Trinajstić information content (AvgIpc) is 2.28. The monoisotopic (exact) mass is 231 g/mol. The molecule has 1 N–H and O–H groups in total. The van der Waals surface area contributed by atoms with Crippen LogP contribution in [-0.2, 0) is 0 Å². The fraction of sp³-hybridized carbons (Fsp3) is 0.600. The third-order valence-corrected chi connectivity index (χ3v) is 4.30. The van der Waals surface area contributed by atoms with Crippen LogP contribution in [0.3, 0.4) is 0 Å². The maximum absolute atomic E-state index is 6.18. The zero-order valence-corrected chi connectivity index (χ0v) is 10.9. The number of ether oxygens (including phenoxy) is 1. The summed E-state index contributed by atoms with van der Waals surface area (Å²) in [5, 5.41) is 3.75. The molecule has 0 unspecified atom stereocenters. The average molecular weight is 231 g/mol. The summed E-state index contributed by atoms with van der Waals surface area (Å²) in [7, 11) is 0. The van der Waals surface area contributed by atoms with Gasteiger partial charge in [-0.2, -0.15) is 0 Å². The number of para-hydroxylation sites is 1. The molecule has 2 heteroatoms. The van der Waals surface area contributed by atoms with Crippen LogP contribution in [0.15, 0.2) is 24.3 Å². The van der Waals surface area contributed by atoms with Crippen molar-refractivity contribution in [2.75, 3.05) is 0 Å². The number of nitrogens with one attached hydrogen (secondary N) is 1. The lowest BCUT2D eigenvalue weighted by molar-refractivity contribution is -0.0174. The van der Waals surface area contributed by atoms with Gasteiger partial charge in [-0.3, -0.25) is 0 Å². The first-order chi connectivity index (χ1) is 8.08. The second-order valence-electron chi connectivity index (χ2n) is 5.97. The normalized spacial score (nSPS) is 34.4. The van der Waals surface area contributed by atoms with E-state index in [4.69, 9.17) is 4.74 Å².